The fraction of sp³-hybridized carbons (Fsp3) is 0.444. The van der Waals surface area contributed by atoms with Crippen LogP contribution < -0.4 is 4.74 Å². The zero-order valence-electron chi connectivity index (χ0n) is 8.17. The number of aliphatic hydroxyl groups is 1. The summed E-state index contributed by atoms with van der Waals surface area (Å²) in [4.78, 5) is 3.20. The minimum Gasteiger partial charge on any atom is -0.495 e. The van der Waals surface area contributed by atoms with Crippen molar-refractivity contribution in [3.63, 3.8) is 0 Å². The van der Waals surface area contributed by atoms with Crippen LogP contribution in [0.5, 0.6) is 5.75 Å². The van der Waals surface area contributed by atoms with Gasteiger partial charge in [-0.15, -0.1) is 0 Å². The number of alkyl halides is 3. The van der Waals surface area contributed by atoms with Crippen LogP contribution in [0.1, 0.15) is 24.3 Å². The van der Waals surface area contributed by atoms with Gasteiger partial charge in [-0.2, -0.15) is 13.2 Å². The van der Waals surface area contributed by atoms with Crippen molar-refractivity contribution < 1.29 is 23.0 Å². The lowest BCUT2D eigenvalue weighted by molar-refractivity contribution is -0.141. The molecular weight excluding hydrogens is 211 g/mol. The Morgan fingerprint density at radius 2 is 2.07 bits per heavy atom. The number of aromatic nitrogens is 1. The molecule has 1 atom stereocenters. The molecule has 1 N–H and O–H groups in total. The first kappa shape index (κ1) is 11.8. The summed E-state index contributed by atoms with van der Waals surface area (Å²) in [5, 5.41) is 9.25. The van der Waals surface area contributed by atoms with Crippen LogP contribution in [0.3, 0.4) is 0 Å². The lowest BCUT2D eigenvalue weighted by atomic mass is 10.1. The molecule has 0 aromatic carbocycles. The van der Waals surface area contributed by atoms with Gasteiger partial charge >= 0.3 is 6.18 Å². The molecule has 0 aliphatic rings. The molecule has 15 heavy (non-hydrogen) atoms. The monoisotopic (exact) mass is 221 g/mol. The molecule has 1 aromatic heterocycles. The summed E-state index contributed by atoms with van der Waals surface area (Å²) in [5.41, 5.74) is -0.973. The van der Waals surface area contributed by atoms with Crippen LogP contribution >= 0.6 is 0 Å². The molecule has 0 radical (unpaired) electrons. The van der Waals surface area contributed by atoms with Gasteiger partial charge in [-0.1, -0.05) is 0 Å². The molecule has 3 nitrogen and oxygen atoms in total. The van der Waals surface area contributed by atoms with Gasteiger partial charge in [-0.25, -0.2) is 4.98 Å². The standard InChI is InChI=1S/C9H10F3NO2/c1-5(14)6-3-8(9(10,11)12)13-4-7(6)15-2/h3-5,14H,1-2H3. The number of rotatable bonds is 2. The minimum absolute atomic E-state index is 0.0693. The van der Waals surface area contributed by atoms with Gasteiger partial charge in [0.05, 0.1) is 19.4 Å². The Bertz CT molecular complexity index is 350. The Morgan fingerprint density at radius 1 is 1.47 bits per heavy atom. The number of pyridine rings is 1. The highest BCUT2D eigenvalue weighted by Crippen LogP contribution is 2.32. The maximum absolute atomic E-state index is 12.3. The van der Waals surface area contributed by atoms with Crippen molar-refractivity contribution in [1.82, 2.24) is 4.98 Å². The Kier molecular flexibility index (Phi) is 3.18. The number of halogens is 3. The molecule has 0 fully saturated rings. The molecular formula is C9H10F3NO2. The van der Waals surface area contributed by atoms with Gasteiger partial charge in [0.1, 0.15) is 11.4 Å². The molecule has 0 saturated carbocycles. The highest BCUT2D eigenvalue weighted by molar-refractivity contribution is 5.34. The van der Waals surface area contributed by atoms with Crippen molar-refractivity contribution in [2.24, 2.45) is 0 Å². The van der Waals surface area contributed by atoms with E-state index >= 15 is 0 Å². The summed E-state index contributed by atoms with van der Waals surface area (Å²) in [7, 11) is 1.30. The van der Waals surface area contributed by atoms with E-state index < -0.39 is 18.0 Å². The Labute approximate surface area is 84.5 Å². The van der Waals surface area contributed by atoms with Crippen molar-refractivity contribution in [2.75, 3.05) is 7.11 Å². The van der Waals surface area contributed by atoms with E-state index in [0.717, 1.165) is 12.3 Å². The van der Waals surface area contributed by atoms with Gasteiger partial charge in [-0.3, -0.25) is 0 Å². The number of hydrogen-bond donors (Lipinski definition) is 1. The van der Waals surface area contributed by atoms with Gasteiger partial charge in [0, 0.05) is 5.56 Å². The molecule has 84 valence electrons. The predicted octanol–water partition coefficient (Wildman–Crippen LogP) is 2.16. The first-order chi connectivity index (χ1) is 6.86. The maximum Gasteiger partial charge on any atom is 0.433 e. The highest BCUT2D eigenvalue weighted by Gasteiger charge is 2.33. The van der Waals surface area contributed by atoms with E-state index in [1.54, 1.807) is 0 Å². The van der Waals surface area contributed by atoms with Gasteiger partial charge in [0.25, 0.3) is 0 Å². The van der Waals surface area contributed by atoms with E-state index in [0.29, 0.717) is 0 Å². The third-order valence-electron chi connectivity index (χ3n) is 1.86. The van der Waals surface area contributed by atoms with E-state index in [1.807, 2.05) is 0 Å². The number of nitrogens with zero attached hydrogens (tertiary/aromatic N) is 1. The number of ether oxygens (including phenoxy) is 1. The smallest absolute Gasteiger partial charge is 0.433 e. The molecule has 1 rings (SSSR count). The fourth-order valence-corrected chi connectivity index (χ4v) is 1.11. The van der Waals surface area contributed by atoms with E-state index in [9.17, 15) is 18.3 Å². The van der Waals surface area contributed by atoms with Crippen molar-refractivity contribution in [2.45, 2.75) is 19.2 Å². The molecule has 1 heterocycles. The van der Waals surface area contributed by atoms with Crippen LogP contribution in [0.15, 0.2) is 12.3 Å². The van der Waals surface area contributed by atoms with Crippen LogP contribution in [0.4, 0.5) is 13.2 Å². The molecule has 0 bridgehead atoms. The van der Waals surface area contributed by atoms with Crippen LogP contribution in [0.25, 0.3) is 0 Å². The average molecular weight is 221 g/mol. The highest BCUT2D eigenvalue weighted by atomic mass is 19.4. The first-order valence-electron chi connectivity index (χ1n) is 4.15. The summed E-state index contributed by atoms with van der Waals surface area (Å²) in [6.45, 7) is 1.36. The Balaban J connectivity index is 3.22. The molecule has 0 saturated heterocycles. The summed E-state index contributed by atoms with van der Waals surface area (Å²) in [6.07, 6.45) is -4.61. The van der Waals surface area contributed by atoms with Crippen LogP contribution in [-0.2, 0) is 6.18 Å². The zero-order chi connectivity index (χ0) is 11.6. The average Bonchev–Trinajstić information content (AvgIpc) is 2.15. The molecule has 0 aliphatic heterocycles. The van der Waals surface area contributed by atoms with Gasteiger partial charge < -0.3 is 9.84 Å². The second-order valence-corrected chi connectivity index (χ2v) is 2.99. The Hall–Kier alpha value is -1.30. The van der Waals surface area contributed by atoms with Crippen LogP contribution in [0, 0.1) is 0 Å². The lowest BCUT2D eigenvalue weighted by Crippen LogP contribution is -2.10. The first-order valence-corrected chi connectivity index (χ1v) is 4.15. The minimum atomic E-state index is -4.52. The van der Waals surface area contributed by atoms with E-state index in [1.165, 1.54) is 14.0 Å². The predicted molar refractivity (Wildman–Crippen MR) is 46.4 cm³/mol. The normalized spacial score (nSPS) is 13.7. The number of methoxy groups -OCH3 is 1. The van der Waals surface area contributed by atoms with Crippen LogP contribution in [0.2, 0.25) is 0 Å². The van der Waals surface area contributed by atoms with Crippen LogP contribution in [-0.4, -0.2) is 17.2 Å². The largest absolute Gasteiger partial charge is 0.495 e. The van der Waals surface area contributed by atoms with Crippen molar-refractivity contribution >= 4 is 0 Å². The fourth-order valence-electron chi connectivity index (χ4n) is 1.11. The van der Waals surface area contributed by atoms with Gasteiger partial charge in [-0.05, 0) is 13.0 Å². The third kappa shape index (κ3) is 2.59. The molecule has 0 amide bonds. The molecule has 6 heteroatoms. The summed E-state index contributed by atoms with van der Waals surface area (Å²) < 4.78 is 41.6. The SMILES string of the molecule is COc1cnc(C(F)(F)F)cc1C(C)O. The molecule has 0 spiro atoms. The van der Waals surface area contributed by atoms with Crippen molar-refractivity contribution in [3.05, 3.63) is 23.5 Å². The molecule has 1 aromatic rings. The lowest BCUT2D eigenvalue weighted by Gasteiger charge is -2.13. The van der Waals surface area contributed by atoms with E-state index in [4.69, 9.17) is 4.74 Å². The maximum atomic E-state index is 12.3. The van der Waals surface area contributed by atoms with Crippen molar-refractivity contribution in [3.8, 4) is 5.75 Å². The zero-order valence-corrected chi connectivity index (χ0v) is 8.17. The van der Waals surface area contributed by atoms with E-state index in [2.05, 4.69) is 4.98 Å². The Morgan fingerprint density at radius 3 is 2.47 bits per heavy atom. The topological polar surface area (TPSA) is 42.4 Å². The van der Waals surface area contributed by atoms with Crippen molar-refractivity contribution in [1.29, 1.82) is 0 Å². The summed E-state index contributed by atoms with van der Waals surface area (Å²) in [6, 6.07) is 0.781. The third-order valence-corrected chi connectivity index (χ3v) is 1.86. The van der Waals surface area contributed by atoms with E-state index in [-0.39, 0.29) is 11.3 Å². The van der Waals surface area contributed by atoms with Gasteiger partial charge in [0.15, 0.2) is 0 Å². The molecule has 1 unspecified atom stereocenters. The number of hydrogen-bond acceptors (Lipinski definition) is 3. The quantitative estimate of drug-likeness (QED) is 0.832. The van der Waals surface area contributed by atoms with Gasteiger partial charge in [0.2, 0.25) is 0 Å². The summed E-state index contributed by atoms with van der Waals surface area (Å²) >= 11 is 0. The second-order valence-electron chi connectivity index (χ2n) is 2.99. The molecule has 0 aliphatic carbocycles. The number of aliphatic hydroxyl groups excluding tert-OH is 1. The summed E-state index contributed by atoms with van der Waals surface area (Å²) in [5.74, 6) is 0.137. The second kappa shape index (κ2) is 4.06.